The summed E-state index contributed by atoms with van der Waals surface area (Å²) in [5.41, 5.74) is 2.28. The van der Waals surface area contributed by atoms with Crippen LogP contribution >= 0.6 is 0 Å². The van der Waals surface area contributed by atoms with E-state index in [1.165, 1.54) is 18.4 Å². The molecule has 0 atom stereocenters. The highest BCUT2D eigenvalue weighted by Crippen LogP contribution is 2.17. The standard InChI is InChI=1S/C17H22N4O/c22-17(20-16-7-1-2-8-16)18-12-14-5-3-6-15(11-14)13-21-10-4-9-19-21/h3-6,9-11,16H,1-2,7-8,12-13H2,(H2,18,20,22). The molecule has 116 valence electrons. The van der Waals surface area contributed by atoms with Gasteiger partial charge >= 0.3 is 6.03 Å². The van der Waals surface area contributed by atoms with Crippen LogP contribution in [0.15, 0.2) is 42.7 Å². The van der Waals surface area contributed by atoms with E-state index < -0.39 is 0 Å². The molecule has 0 saturated heterocycles. The second-order valence-corrected chi connectivity index (χ2v) is 5.83. The minimum absolute atomic E-state index is 0.0654. The molecule has 1 heterocycles. The molecule has 5 nitrogen and oxygen atoms in total. The third-order valence-corrected chi connectivity index (χ3v) is 4.04. The molecule has 0 bridgehead atoms. The minimum Gasteiger partial charge on any atom is -0.335 e. The van der Waals surface area contributed by atoms with Crippen LogP contribution in [0.5, 0.6) is 0 Å². The van der Waals surface area contributed by atoms with Gasteiger partial charge in [0.05, 0.1) is 6.54 Å². The Morgan fingerprint density at radius 3 is 2.82 bits per heavy atom. The van der Waals surface area contributed by atoms with Crippen molar-refractivity contribution in [2.24, 2.45) is 0 Å². The molecule has 2 N–H and O–H groups in total. The maximum absolute atomic E-state index is 11.9. The predicted octanol–water partition coefficient (Wildman–Crippen LogP) is 2.67. The Hall–Kier alpha value is -2.30. The normalized spacial score (nSPS) is 14.9. The van der Waals surface area contributed by atoms with E-state index in [-0.39, 0.29) is 6.03 Å². The third-order valence-electron chi connectivity index (χ3n) is 4.04. The Kier molecular flexibility index (Phi) is 4.73. The molecule has 1 aliphatic carbocycles. The number of amides is 2. The zero-order valence-corrected chi connectivity index (χ0v) is 12.7. The second kappa shape index (κ2) is 7.11. The fourth-order valence-electron chi connectivity index (χ4n) is 2.91. The molecule has 22 heavy (non-hydrogen) atoms. The molecule has 0 spiro atoms. The van der Waals surface area contributed by atoms with Crippen molar-refractivity contribution in [1.82, 2.24) is 20.4 Å². The molecule has 1 aliphatic rings. The molecule has 1 fully saturated rings. The maximum Gasteiger partial charge on any atom is 0.315 e. The quantitative estimate of drug-likeness (QED) is 0.891. The van der Waals surface area contributed by atoms with Crippen LogP contribution in [-0.4, -0.2) is 21.9 Å². The highest BCUT2D eigenvalue weighted by Gasteiger charge is 2.16. The molecule has 1 aromatic heterocycles. The number of benzene rings is 1. The third kappa shape index (κ3) is 4.10. The summed E-state index contributed by atoms with van der Waals surface area (Å²) in [6.45, 7) is 1.29. The Balaban J connectivity index is 1.50. The number of rotatable bonds is 5. The fourth-order valence-corrected chi connectivity index (χ4v) is 2.91. The zero-order chi connectivity index (χ0) is 15.2. The first-order valence-electron chi connectivity index (χ1n) is 7.89. The van der Waals surface area contributed by atoms with E-state index >= 15 is 0 Å². The number of urea groups is 1. The Bertz CT molecular complexity index is 603. The summed E-state index contributed by atoms with van der Waals surface area (Å²) in [6.07, 6.45) is 8.37. The molecule has 1 aromatic carbocycles. The molecule has 5 heteroatoms. The van der Waals surface area contributed by atoms with Gasteiger partial charge in [0, 0.05) is 25.0 Å². The summed E-state index contributed by atoms with van der Waals surface area (Å²) in [5, 5.41) is 10.2. The van der Waals surface area contributed by atoms with Gasteiger partial charge in [0.2, 0.25) is 0 Å². The smallest absolute Gasteiger partial charge is 0.315 e. The number of carbonyl (C=O) groups excluding carboxylic acids is 1. The van der Waals surface area contributed by atoms with E-state index in [1.807, 2.05) is 29.1 Å². The van der Waals surface area contributed by atoms with Gasteiger partial charge in [-0.1, -0.05) is 37.1 Å². The van der Waals surface area contributed by atoms with Gasteiger partial charge in [0.25, 0.3) is 0 Å². The van der Waals surface area contributed by atoms with Crippen LogP contribution in [0.4, 0.5) is 4.79 Å². The van der Waals surface area contributed by atoms with Crippen molar-refractivity contribution in [1.29, 1.82) is 0 Å². The van der Waals surface area contributed by atoms with Gasteiger partial charge in [0.15, 0.2) is 0 Å². The zero-order valence-electron chi connectivity index (χ0n) is 12.7. The van der Waals surface area contributed by atoms with Crippen LogP contribution in [-0.2, 0) is 13.1 Å². The van der Waals surface area contributed by atoms with E-state index in [1.54, 1.807) is 6.20 Å². The van der Waals surface area contributed by atoms with Gasteiger partial charge in [0.1, 0.15) is 0 Å². The van der Waals surface area contributed by atoms with Gasteiger partial charge in [-0.15, -0.1) is 0 Å². The van der Waals surface area contributed by atoms with Crippen molar-refractivity contribution in [3.05, 3.63) is 53.9 Å². The number of hydrogen-bond acceptors (Lipinski definition) is 2. The summed E-state index contributed by atoms with van der Waals surface area (Å²) < 4.78 is 1.89. The van der Waals surface area contributed by atoms with Crippen LogP contribution < -0.4 is 10.6 Å². The van der Waals surface area contributed by atoms with Crippen molar-refractivity contribution in [3.63, 3.8) is 0 Å². The van der Waals surface area contributed by atoms with E-state index in [0.717, 1.165) is 24.9 Å². The summed E-state index contributed by atoms with van der Waals surface area (Å²) in [7, 11) is 0. The number of nitrogens with zero attached hydrogens (tertiary/aromatic N) is 2. The first kappa shape index (κ1) is 14.6. The van der Waals surface area contributed by atoms with Gasteiger partial charge in [-0.25, -0.2) is 4.79 Å². The summed E-state index contributed by atoms with van der Waals surface area (Å²) in [5.74, 6) is 0. The lowest BCUT2D eigenvalue weighted by Gasteiger charge is -2.13. The van der Waals surface area contributed by atoms with E-state index in [4.69, 9.17) is 0 Å². The Morgan fingerprint density at radius 1 is 1.23 bits per heavy atom. The lowest BCUT2D eigenvalue weighted by molar-refractivity contribution is 0.236. The van der Waals surface area contributed by atoms with Crippen molar-refractivity contribution >= 4 is 6.03 Å². The molecule has 3 rings (SSSR count). The highest BCUT2D eigenvalue weighted by molar-refractivity contribution is 5.74. The van der Waals surface area contributed by atoms with Crippen LogP contribution in [0.2, 0.25) is 0 Å². The highest BCUT2D eigenvalue weighted by atomic mass is 16.2. The number of aromatic nitrogens is 2. The second-order valence-electron chi connectivity index (χ2n) is 5.83. The van der Waals surface area contributed by atoms with Crippen molar-refractivity contribution < 1.29 is 4.79 Å². The number of nitrogens with one attached hydrogen (secondary N) is 2. The van der Waals surface area contributed by atoms with Crippen molar-refractivity contribution in [2.45, 2.75) is 44.8 Å². The molecule has 2 aromatic rings. The molecule has 1 saturated carbocycles. The largest absolute Gasteiger partial charge is 0.335 e. The summed E-state index contributed by atoms with van der Waals surface area (Å²) >= 11 is 0. The Morgan fingerprint density at radius 2 is 2.05 bits per heavy atom. The monoisotopic (exact) mass is 298 g/mol. The molecular weight excluding hydrogens is 276 g/mol. The van der Waals surface area contributed by atoms with Crippen LogP contribution in [0.3, 0.4) is 0 Å². The average molecular weight is 298 g/mol. The Labute approximate surface area is 130 Å². The van der Waals surface area contributed by atoms with E-state index in [9.17, 15) is 4.79 Å². The van der Waals surface area contributed by atoms with E-state index in [2.05, 4.69) is 27.9 Å². The van der Waals surface area contributed by atoms with Gasteiger partial charge in [-0.05, 0) is 30.0 Å². The molecule has 0 radical (unpaired) electrons. The SMILES string of the molecule is O=C(NCc1cccc(Cn2cccn2)c1)NC1CCCC1. The van der Waals surface area contributed by atoms with Crippen LogP contribution in [0.1, 0.15) is 36.8 Å². The predicted molar refractivity (Wildman–Crippen MR) is 85.4 cm³/mol. The fraction of sp³-hybridized carbons (Fsp3) is 0.412. The number of hydrogen-bond donors (Lipinski definition) is 2. The molecule has 2 amide bonds. The van der Waals surface area contributed by atoms with Crippen LogP contribution in [0, 0.1) is 0 Å². The molecule has 0 aliphatic heterocycles. The molecular formula is C17H22N4O. The summed E-state index contributed by atoms with van der Waals surface area (Å²) in [4.78, 5) is 11.9. The van der Waals surface area contributed by atoms with Crippen molar-refractivity contribution in [3.8, 4) is 0 Å². The van der Waals surface area contributed by atoms with E-state index in [0.29, 0.717) is 12.6 Å². The average Bonchev–Trinajstić information content (AvgIpc) is 3.19. The lowest BCUT2D eigenvalue weighted by Crippen LogP contribution is -2.40. The van der Waals surface area contributed by atoms with Gasteiger partial charge < -0.3 is 10.6 Å². The summed E-state index contributed by atoms with van der Waals surface area (Å²) in [6, 6.07) is 10.4. The lowest BCUT2D eigenvalue weighted by atomic mass is 10.1. The minimum atomic E-state index is -0.0654. The molecule has 0 unspecified atom stereocenters. The van der Waals surface area contributed by atoms with Gasteiger partial charge in [-0.2, -0.15) is 5.10 Å². The maximum atomic E-state index is 11.9. The topological polar surface area (TPSA) is 59.0 Å². The van der Waals surface area contributed by atoms with Crippen LogP contribution in [0.25, 0.3) is 0 Å². The van der Waals surface area contributed by atoms with Gasteiger partial charge in [-0.3, -0.25) is 4.68 Å². The first-order valence-corrected chi connectivity index (χ1v) is 7.89. The number of carbonyl (C=O) groups is 1. The van der Waals surface area contributed by atoms with Crippen molar-refractivity contribution in [2.75, 3.05) is 0 Å². The first-order chi connectivity index (χ1) is 10.8.